The van der Waals surface area contributed by atoms with Crippen LogP contribution in [0, 0.1) is 0 Å². The van der Waals surface area contributed by atoms with Gasteiger partial charge >= 0.3 is 0 Å². The Balaban J connectivity index is 2.08. The molecule has 0 amide bonds. The largest absolute Gasteiger partial charge is 0.436 e. The van der Waals surface area contributed by atoms with Gasteiger partial charge in [0.1, 0.15) is 0 Å². The molecule has 0 aliphatic rings. The number of rotatable bonds is 4. The average Bonchev–Trinajstić information content (AvgIpc) is 2.79. The van der Waals surface area contributed by atoms with Crippen LogP contribution in [0.5, 0.6) is 11.6 Å². The first-order valence-corrected chi connectivity index (χ1v) is 6.54. The van der Waals surface area contributed by atoms with Gasteiger partial charge in [0.15, 0.2) is 5.75 Å². The lowest BCUT2D eigenvalue weighted by Crippen LogP contribution is -1.99. The summed E-state index contributed by atoms with van der Waals surface area (Å²) in [4.78, 5) is 4.21. The predicted molar refractivity (Wildman–Crippen MR) is 69.6 cm³/mol. The van der Waals surface area contributed by atoms with Gasteiger partial charge in [-0.2, -0.15) is 5.10 Å². The highest BCUT2D eigenvalue weighted by atomic mass is 79.9. The second-order valence-electron chi connectivity index (χ2n) is 3.99. The molecule has 90 valence electrons. The molecular weight excluding hydrogens is 282 g/mol. The van der Waals surface area contributed by atoms with E-state index in [0.717, 1.165) is 10.9 Å². The van der Waals surface area contributed by atoms with E-state index in [0.29, 0.717) is 17.7 Å². The second-order valence-corrected chi connectivity index (χ2v) is 4.55. The number of nitrogens with zero attached hydrogens (tertiary/aromatic N) is 3. The van der Waals surface area contributed by atoms with Crippen LogP contribution in [0.3, 0.4) is 0 Å². The Kier molecular flexibility index (Phi) is 3.78. The van der Waals surface area contributed by atoms with Gasteiger partial charge in [0.2, 0.25) is 5.88 Å². The van der Waals surface area contributed by atoms with E-state index in [4.69, 9.17) is 4.74 Å². The third-order valence-corrected chi connectivity index (χ3v) is 2.93. The number of ether oxygens (including phenoxy) is 1. The van der Waals surface area contributed by atoms with Crippen LogP contribution in [-0.2, 0) is 5.33 Å². The van der Waals surface area contributed by atoms with Gasteiger partial charge in [-0.3, -0.25) is 4.68 Å². The van der Waals surface area contributed by atoms with Crippen LogP contribution in [0.4, 0.5) is 0 Å². The highest BCUT2D eigenvalue weighted by Gasteiger charge is 2.04. The topological polar surface area (TPSA) is 39.9 Å². The van der Waals surface area contributed by atoms with E-state index in [2.05, 4.69) is 39.9 Å². The molecule has 0 atom stereocenters. The van der Waals surface area contributed by atoms with Crippen LogP contribution in [0.2, 0.25) is 0 Å². The van der Waals surface area contributed by atoms with E-state index < -0.39 is 0 Å². The Labute approximate surface area is 109 Å². The maximum atomic E-state index is 5.60. The van der Waals surface area contributed by atoms with Crippen LogP contribution in [0.15, 0.2) is 30.7 Å². The van der Waals surface area contributed by atoms with Gasteiger partial charge in [-0.15, -0.1) is 0 Å². The van der Waals surface area contributed by atoms with E-state index in [9.17, 15) is 0 Å². The average molecular weight is 296 g/mol. The lowest BCUT2D eigenvalue weighted by Gasteiger charge is -2.04. The van der Waals surface area contributed by atoms with Crippen molar-refractivity contribution >= 4 is 15.9 Å². The van der Waals surface area contributed by atoms with Crippen molar-refractivity contribution in [2.24, 2.45) is 0 Å². The zero-order valence-electron chi connectivity index (χ0n) is 9.80. The molecule has 2 rings (SSSR count). The summed E-state index contributed by atoms with van der Waals surface area (Å²) in [5, 5.41) is 5.00. The maximum Gasteiger partial charge on any atom is 0.219 e. The van der Waals surface area contributed by atoms with Crippen LogP contribution in [-0.4, -0.2) is 14.8 Å². The van der Waals surface area contributed by atoms with Crippen molar-refractivity contribution in [3.63, 3.8) is 0 Å². The molecule has 5 heteroatoms. The highest BCUT2D eigenvalue weighted by molar-refractivity contribution is 9.08. The zero-order valence-corrected chi connectivity index (χ0v) is 11.4. The molecule has 4 nitrogen and oxygen atoms in total. The summed E-state index contributed by atoms with van der Waals surface area (Å²) in [6.07, 6.45) is 5.35. The molecule has 0 radical (unpaired) electrons. The lowest BCUT2D eigenvalue weighted by atomic mass is 10.3. The van der Waals surface area contributed by atoms with Crippen LogP contribution in [0.25, 0.3) is 0 Å². The Bertz CT molecular complexity index is 479. The van der Waals surface area contributed by atoms with E-state index in [1.54, 1.807) is 12.4 Å². The van der Waals surface area contributed by atoms with E-state index in [1.807, 2.05) is 23.0 Å². The highest BCUT2D eigenvalue weighted by Crippen LogP contribution is 2.20. The Hall–Kier alpha value is -1.36. The monoisotopic (exact) mass is 295 g/mol. The molecule has 0 fully saturated rings. The van der Waals surface area contributed by atoms with Gasteiger partial charge in [-0.05, 0) is 19.4 Å². The van der Waals surface area contributed by atoms with Crippen molar-refractivity contribution in [1.82, 2.24) is 14.8 Å². The summed E-state index contributed by atoms with van der Waals surface area (Å²) < 4.78 is 7.45. The molecule has 0 spiro atoms. The molecule has 2 heterocycles. The van der Waals surface area contributed by atoms with Crippen LogP contribution in [0.1, 0.15) is 25.5 Å². The van der Waals surface area contributed by atoms with Crippen LogP contribution < -0.4 is 4.74 Å². The van der Waals surface area contributed by atoms with Crippen molar-refractivity contribution in [1.29, 1.82) is 0 Å². The molecule has 0 aliphatic carbocycles. The number of hydrogen-bond acceptors (Lipinski definition) is 3. The van der Waals surface area contributed by atoms with Crippen molar-refractivity contribution in [3.8, 4) is 11.6 Å². The molecule has 2 aromatic rings. The second kappa shape index (κ2) is 5.31. The molecule has 0 bridgehead atoms. The number of pyridine rings is 1. The van der Waals surface area contributed by atoms with Gasteiger partial charge in [0.25, 0.3) is 0 Å². The van der Waals surface area contributed by atoms with Gasteiger partial charge < -0.3 is 4.74 Å². The Morgan fingerprint density at radius 3 is 2.71 bits per heavy atom. The fourth-order valence-corrected chi connectivity index (χ4v) is 1.66. The summed E-state index contributed by atoms with van der Waals surface area (Å²) in [5.41, 5.74) is 1.12. The third kappa shape index (κ3) is 3.06. The molecule has 17 heavy (non-hydrogen) atoms. The van der Waals surface area contributed by atoms with Crippen molar-refractivity contribution < 1.29 is 4.74 Å². The van der Waals surface area contributed by atoms with Crippen molar-refractivity contribution in [2.75, 3.05) is 0 Å². The zero-order chi connectivity index (χ0) is 12.3. The smallest absolute Gasteiger partial charge is 0.219 e. The normalized spacial score (nSPS) is 10.8. The number of halogens is 1. The summed E-state index contributed by atoms with van der Waals surface area (Å²) in [6.45, 7) is 4.14. The lowest BCUT2D eigenvalue weighted by molar-refractivity contribution is 0.459. The molecule has 2 aromatic heterocycles. The van der Waals surface area contributed by atoms with Crippen molar-refractivity contribution in [2.45, 2.75) is 25.2 Å². The minimum atomic E-state index is 0.330. The number of alkyl halides is 1. The van der Waals surface area contributed by atoms with E-state index in [-0.39, 0.29) is 0 Å². The fraction of sp³-hybridized carbons (Fsp3) is 0.333. The minimum absolute atomic E-state index is 0.330. The molecule has 0 saturated carbocycles. The molecule has 0 aliphatic heterocycles. The first-order valence-electron chi connectivity index (χ1n) is 5.42. The number of hydrogen-bond donors (Lipinski definition) is 0. The van der Waals surface area contributed by atoms with Gasteiger partial charge in [0, 0.05) is 23.6 Å². The van der Waals surface area contributed by atoms with Gasteiger partial charge in [-0.25, -0.2) is 4.98 Å². The summed E-state index contributed by atoms with van der Waals surface area (Å²) in [7, 11) is 0. The predicted octanol–water partition coefficient (Wildman–Crippen LogP) is 3.55. The molecular formula is C12H14BrN3O. The van der Waals surface area contributed by atoms with Gasteiger partial charge in [0.05, 0.1) is 12.4 Å². The molecule has 0 N–H and O–H groups in total. The molecule has 0 saturated heterocycles. The van der Waals surface area contributed by atoms with Gasteiger partial charge in [-0.1, -0.05) is 22.0 Å². The maximum absolute atomic E-state index is 5.60. The fourth-order valence-electron chi connectivity index (χ4n) is 1.33. The Morgan fingerprint density at radius 1 is 1.35 bits per heavy atom. The van der Waals surface area contributed by atoms with E-state index >= 15 is 0 Å². The van der Waals surface area contributed by atoms with E-state index in [1.165, 1.54) is 0 Å². The summed E-state index contributed by atoms with van der Waals surface area (Å²) in [6, 6.07) is 4.16. The standard InChI is InChI=1S/C12H14BrN3O/c1-9(2)16-8-11(7-15-16)17-12-4-3-10(5-13)6-14-12/h3-4,6-9H,5H2,1-2H3. The Morgan fingerprint density at radius 2 is 2.18 bits per heavy atom. The third-order valence-electron chi connectivity index (χ3n) is 2.28. The minimum Gasteiger partial charge on any atom is -0.436 e. The van der Waals surface area contributed by atoms with Crippen LogP contribution >= 0.6 is 15.9 Å². The molecule has 0 aromatic carbocycles. The summed E-state index contributed by atoms with van der Waals surface area (Å²) in [5.74, 6) is 1.29. The first kappa shape index (κ1) is 12.1. The number of aromatic nitrogens is 3. The summed E-state index contributed by atoms with van der Waals surface area (Å²) >= 11 is 3.37. The molecule has 0 unspecified atom stereocenters. The first-order chi connectivity index (χ1) is 8.19. The van der Waals surface area contributed by atoms with Crippen molar-refractivity contribution in [3.05, 3.63) is 36.3 Å². The quantitative estimate of drug-likeness (QED) is 0.810. The SMILES string of the molecule is CC(C)n1cc(Oc2ccc(CBr)cn2)cn1.